The first-order valence-corrected chi connectivity index (χ1v) is 5.92. The summed E-state index contributed by atoms with van der Waals surface area (Å²) >= 11 is 6.00. The van der Waals surface area contributed by atoms with Gasteiger partial charge in [-0.1, -0.05) is 17.7 Å². The van der Waals surface area contributed by atoms with Crippen LogP contribution in [0.5, 0.6) is 0 Å². The lowest BCUT2D eigenvalue weighted by atomic mass is 10.0. The van der Waals surface area contributed by atoms with Gasteiger partial charge < -0.3 is 10.2 Å². The summed E-state index contributed by atoms with van der Waals surface area (Å²) in [6.07, 6.45) is 0. The molecule has 2 heterocycles. The first-order valence-electron chi connectivity index (χ1n) is 5.54. The van der Waals surface area contributed by atoms with Crippen molar-refractivity contribution in [1.82, 2.24) is 5.32 Å². The molecule has 0 unspecified atom stereocenters. The fourth-order valence-electron chi connectivity index (χ4n) is 2.74. The number of halogens is 1. The molecule has 1 N–H and O–H groups in total. The Hall–Kier alpha value is -0.730. The van der Waals surface area contributed by atoms with Crippen LogP contribution in [0.3, 0.4) is 0 Å². The van der Waals surface area contributed by atoms with Gasteiger partial charge in [0.25, 0.3) is 0 Å². The minimum absolute atomic E-state index is 0.836. The highest BCUT2D eigenvalue weighted by molar-refractivity contribution is 6.30. The third-order valence-corrected chi connectivity index (χ3v) is 3.80. The number of hydrogen-bond donors (Lipinski definition) is 1. The number of nitrogens with one attached hydrogen (secondary N) is 1. The summed E-state index contributed by atoms with van der Waals surface area (Å²) in [4.78, 5) is 2.46. The van der Waals surface area contributed by atoms with Crippen LogP contribution in [0.2, 0.25) is 5.02 Å². The number of benzene rings is 1. The smallest absolute Gasteiger partial charge is 0.0426 e. The first kappa shape index (κ1) is 9.49. The molecule has 3 heteroatoms. The maximum Gasteiger partial charge on any atom is 0.0426 e. The Bertz CT molecular complexity index is 354. The van der Waals surface area contributed by atoms with E-state index in [4.69, 9.17) is 11.6 Å². The van der Waals surface area contributed by atoms with Crippen LogP contribution in [0, 0.1) is 11.8 Å². The molecular formula is C12H15ClN2. The number of anilines is 1. The lowest BCUT2D eigenvalue weighted by Crippen LogP contribution is -2.25. The highest BCUT2D eigenvalue weighted by Gasteiger charge is 2.35. The lowest BCUT2D eigenvalue weighted by molar-refractivity contribution is 0.533. The minimum Gasteiger partial charge on any atom is -0.371 e. The van der Waals surface area contributed by atoms with Crippen molar-refractivity contribution >= 4 is 17.3 Å². The van der Waals surface area contributed by atoms with E-state index in [-0.39, 0.29) is 0 Å². The van der Waals surface area contributed by atoms with Crippen molar-refractivity contribution in [3.8, 4) is 0 Å². The number of hydrogen-bond acceptors (Lipinski definition) is 2. The van der Waals surface area contributed by atoms with Crippen molar-refractivity contribution in [2.45, 2.75) is 0 Å². The molecule has 2 atom stereocenters. The van der Waals surface area contributed by atoms with E-state index in [0.29, 0.717) is 0 Å². The fraction of sp³-hybridized carbons (Fsp3) is 0.500. The van der Waals surface area contributed by atoms with E-state index in [1.807, 2.05) is 12.1 Å². The van der Waals surface area contributed by atoms with Crippen molar-refractivity contribution in [2.75, 3.05) is 31.1 Å². The zero-order chi connectivity index (χ0) is 10.3. The largest absolute Gasteiger partial charge is 0.371 e. The Labute approximate surface area is 95.2 Å². The molecule has 0 aromatic heterocycles. The van der Waals surface area contributed by atoms with Gasteiger partial charge >= 0.3 is 0 Å². The Morgan fingerprint density at radius 3 is 2.60 bits per heavy atom. The van der Waals surface area contributed by atoms with Crippen LogP contribution < -0.4 is 10.2 Å². The van der Waals surface area contributed by atoms with Gasteiger partial charge in [0.15, 0.2) is 0 Å². The Morgan fingerprint density at radius 1 is 1.20 bits per heavy atom. The number of nitrogens with zero attached hydrogens (tertiary/aromatic N) is 1. The van der Waals surface area contributed by atoms with Crippen LogP contribution in [0.4, 0.5) is 5.69 Å². The van der Waals surface area contributed by atoms with Crippen molar-refractivity contribution in [2.24, 2.45) is 11.8 Å². The SMILES string of the molecule is Clc1cccc(N2C[C@H]3CNC[C@H]3C2)c1. The second kappa shape index (κ2) is 3.69. The van der Waals surface area contributed by atoms with Crippen LogP contribution in [-0.2, 0) is 0 Å². The average Bonchev–Trinajstić information content (AvgIpc) is 2.76. The summed E-state index contributed by atoms with van der Waals surface area (Å²) in [5.74, 6) is 1.67. The number of fused-ring (bicyclic) bond motifs is 1. The van der Waals surface area contributed by atoms with Gasteiger partial charge in [0, 0.05) is 36.9 Å². The third kappa shape index (κ3) is 1.72. The van der Waals surface area contributed by atoms with Crippen LogP contribution in [0.15, 0.2) is 24.3 Å². The van der Waals surface area contributed by atoms with Gasteiger partial charge in [0.2, 0.25) is 0 Å². The molecule has 80 valence electrons. The molecule has 0 radical (unpaired) electrons. The third-order valence-electron chi connectivity index (χ3n) is 3.56. The van der Waals surface area contributed by atoms with Crippen molar-refractivity contribution in [3.63, 3.8) is 0 Å². The summed E-state index contributed by atoms with van der Waals surface area (Å²) in [7, 11) is 0. The molecule has 0 spiro atoms. The molecule has 2 nitrogen and oxygen atoms in total. The summed E-state index contributed by atoms with van der Waals surface area (Å²) in [6, 6.07) is 8.18. The molecule has 2 aliphatic heterocycles. The van der Waals surface area contributed by atoms with Crippen molar-refractivity contribution in [3.05, 3.63) is 29.3 Å². The van der Waals surface area contributed by atoms with Gasteiger partial charge in [-0.25, -0.2) is 0 Å². The van der Waals surface area contributed by atoms with Gasteiger partial charge in [-0.3, -0.25) is 0 Å². The normalized spacial score (nSPS) is 29.5. The van der Waals surface area contributed by atoms with Crippen LogP contribution in [0.1, 0.15) is 0 Å². The molecule has 2 aliphatic rings. The molecule has 2 saturated heterocycles. The summed E-state index contributed by atoms with van der Waals surface area (Å²) in [5, 5.41) is 4.29. The Morgan fingerprint density at radius 2 is 1.93 bits per heavy atom. The van der Waals surface area contributed by atoms with Crippen molar-refractivity contribution in [1.29, 1.82) is 0 Å². The van der Waals surface area contributed by atoms with E-state index >= 15 is 0 Å². The van der Waals surface area contributed by atoms with E-state index in [2.05, 4.69) is 22.3 Å². The zero-order valence-electron chi connectivity index (χ0n) is 8.62. The molecule has 1 aromatic rings. The summed E-state index contributed by atoms with van der Waals surface area (Å²) in [6.45, 7) is 4.72. The van der Waals surface area contributed by atoms with E-state index in [0.717, 1.165) is 16.9 Å². The molecule has 0 saturated carbocycles. The van der Waals surface area contributed by atoms with Gasteiger partial charge in [0.1, 0.15) is 0 Å². The Balaban J connectivity index is 1.79. The second-order valence-corrected chi connectivity index (χ2v) is 5.00. The second-order valence-electron chi connectivity index (χ2n) is 4.56. The van der Waals surface area contributed by atoms with E-state index in [1.165, 1.54) is 31.9 Å². The van der Waals surface area contributed by atoms with Crippen LogP contribution in [-0.4, -0.2) is 26.2 Å². The number of rotatable bonds is 1. The topological polar surface area (TPSA) is 15.3 Å². The van der Waals surface area contributed by atoms with Crippen LogP contribution >= 0.6 is 11.6 Å². The highest BCUT2D eigenvalue weighted by Crippen LogP contribution is 2.31. The predicted molar refractivity (Wildman–Crippen MR) is 63.5 cm³/mol. The zero-order valence-corrected chi connectivity index (χ0v) is 9.37. The van der Waals surface area contributed by atoms with E-state index in [1.54, 1.807) is 0 Å². The highest BCUT2D eigenvalue weighted by atomic mass is 35.5. The Kier molecular flexibility index (Phi) is 2.33. The van der Waals surface area contributed by atoms with Gasteiger partial charge in [0.05, 0.1) is 0 Å². The van der Waals surface area contributed by atoms with Crippen LogP contribution in [0.25, 0.3) is 0 Å². The molecule has 2 fully saturated rings. The van der Waals surface area contributed by atoms with Gasteiger partial charge in [-0.2, -0.15) is 0 Å². The maximum absolute atomic E-state index is 6.00. The summed E-state index contributed by atoms with van der Waals surface area (Å²) < 4.78 is 0. The molecular weight excluding hydrogens is 208 g/mol. The standard InChI is InChI=1S/C12H15ClN2/c13-11-2-1-3-12(4-11)15-7-9-5-14-6-10(9)8-15/h1-4,9-10,14H,5-8H2/t9-,10+. The minimum atomic E-state index is 0.836. The lowest BCUT2D eigenvalue weighted by Gasteiger charge is -2.19. The fourth-order valence-corrected chi connectivity index (χ4v) is 2.92. The molecule has 0 aliphatic carbocycles. The van der Waals surface area contributed by atoms with Gasteiger partial charge in [-0.05, 0) is 30.0 Å². The van der Waals surface area contributed by atoms with E-state index < -0.39 is 0 Å². The van der Waals surface area contributed by atoms with Crippen molar-refractivity contribution < 1.29 is 0 Å². The van der Waals surface area contributed by atoms with E-state index in [9.17, 15) is 0 Å². The molecule has 15 heavy (non-hydrogen) atoms. The molecule has 1 aromatic carbocycles. The molecule has 0 amide bonds. The molecule has 3 rings (SSSR count). The quantitative estimate of drug-likeness (QED) is 0.782. The van der Waals surface area contributed by atoms with Gasteiger partial charge in [-0.15, -0.1) is 0 Å². The molecule has 0 bridgehead atoms. The maximum atomic E-state index is 6.00. The summed E-state index contributed by atoms with van der Waals surface area (Å²) in [5.41, 5.74) is 1.27. The predicted octanol–water partition coefficient (Wildman–Crippen LogP) is 2.00. The monoisotopic (exact) mass is 222 g/mol. The average molecular weight is 223 g/mol. The first-order chi connectivity index (χ1) is 7.33.